The van der Waals surface area contributed by atoms with Crippen molar-refractivity contribution in [3.05, 3.63) is 12.2 Å². The van der Waals surface area contributed by atoms with Crippen LogP contribution in [0.5, 0.6) is 0 Å². The highest BCUT2D eigenvalue weighted by Crippen LogP contribution is 1.94. The SMILES string of the molecule is C/C=C/C(O)C(C)NC(=O)OC. The zero-order valence-electron chi connectivity index (χ0n) is 7.57. The first kappa shape index (κ1) is 11.0. The van der Waals surface area contributed by atoms with Crippen LogP contribution in [0.1, 0.15) is 13.8 Å². The minimum absolute atomic E-state index is 0.339. The minimum Gasteiger partial charge on any atom is -0.453 e. The van der Waals surface area contributed by atoms with E-state index in [0.717, 1.165) is 0 Å². The molecule has 4 nitrogen and oxygen atoms in total. The number of carbonyl (C=O) groups is 1. The molecule has 0 aliphatic heterocycles. The predicted octanol–water partition coefficient (Wildman–Crippen LogP) is 0.668. The summed E-state index contributed by atoms with van der Waals surface area (Å²) >= 11 is 0. The molecule has 2 unspecified atom stereocenters. The highest BCUT2D eigenvalue weighted by atomic mass is 16.5. The average Bonchev–Trinajstić information content (AvgIpc) is 2.04. The van der Waals surface area contributed by atoms with Crippen LogP contribution >= 0.6 is 0 Å². The van der Waals surface area contributed by atoms with Gasteiger partial charge in [0, 0.05) is 0 Å². The number of amides is 1. The van der Waals surface area contributed by atoms with Gasteiger partial charge in [-0.05, 0) is 13.8 Å². The molecule has 0 fully saturated rings. The maximum atomic E-state index is 10.7. The van der Waals surface area contributed by atoms with Gasteiger partial charge in [0.05, 0.1) is 19.3 Å². The van der Waals surface area contributed by atoms with Crippen molar-refractivity contribution in [2.24, 2.45) is 0 Å². The Labute approximate surface area is 72.2 Å². The van der Waals surface area contributed by atoms with Crippen molar-refractivity contribution < 1.29 is 14.6 Å². The van der Waals surface area contributed by atoms with Gasteiger partial charge < -0.3 is 15.2 Å². The fourth-order valence-corrected chi connectivity index (χ4v) is 0.694. The normalized spacial score (nSPS) is 15.7. The molecule has 70 valence electrons. The molecule has 0 radical (unpaired) electrons. The van der Waals surface area contributed by atoms with Gasteiger partial charge in [-0.15, -0.1) is 0 Å². The zero-order chi connectivity index (χ0) is 9.56. The van der Waals surface area contributed by atoms with E-state index in [9.17, 15) is 9.90 Å². The van der Waals surface area contributed by atoms with Crippen LogP contribution in [0.15, 0.2) is 12.2 Å². The summed E-state index contributed by atoms with van der Waals surface area (Å²) in [5, 5.41) is 11.8. The van der Waals surface area contributed by atoms with Gasteiger partial charge in [0.2, 0.25) is 0 Å². The van der Waals surface area contributed by atoms with Crippen LogP contribution in [0, 0.1) is 0 Å². The average molecular weight is 173 g/mol. The maximum Gasteiger partial charge on any atom is 0.407 e. The molecule has 0 aromatic carbocycles. The molecule has 0 spiro atoms. The number of aliphatic hydroxyl groups is 1. The second-order valence-corrected chi connectivity index (χ2v) is 2.44. The summed E-state index contributed by atoms with van der Waals surface area (Å²) < 4.78 is 4.36. The molecule has 2 atom stereocenters. The number of alkyl carbamates (subject to hydrolysis) is 1. The van der Waals surface area contributed by atoms with E-state index in [2.05, 4.69) is 10.1 Å². The Kier molecular flexibility index (Phi) is 5.12. The monoisotopic (exact) mass is 173 g/mol. The lowest BCUT2D eigenvalue weighted by atomic mass is 10.2. The third kappa shape index (κ3) is 3.98. The van der Waals surface area contributed by atoms with Crippen LogP contribution < -0.4 is 5.32 Å². The summed E-state index contributed by atoms with van der Waals surface area (Å²) in [4.78, 5) is 10.7. The number of hydrogen-bond acceptors (Lipinski definition) is 3. The smallest absolute Gasteiger partial charge is 0.407 e. The molecule has 0 bridgehead atoms. The summed E-state index contributed by atoms with van der Waals surface area (Å²) in [5.41, 5.74) is 0. The maximum absolute atomic E-state index is 10.7. The quantitative estimate of drug-likeness (QED) is 0.617. The van der Waals surface area contributed by atoms with Crippen LogP contribution in [0.4, 0.5) is 4.79 Å². The highest BCUT2D eigenvalue weighted by Gasteiger charge is 2.12. The second kappa shape index (κ2) is 5.60. The van der Waals surface area contributed by atoms with Crippen LogP contribution in [-0.4, -0.2) is 30.5 Å². The molecular weight excluding hydrogens is 158 g/mol. The van der Waals surface area contributed by atoms with Crippen molar-refractivity contribution >= 4 is 6.09 Å². The van der Waals surface area contributed by atoms with E-state index in [1.54, 1.807) is 26.0 Å². The molecule has 2 N–H and O–H groups in total. The minimum atomic E-state index is -0.672. The first-order chi connectivity index (χ1) is 5.61. The fourth-order valence-electron chi connectivity index (χ4n) is 0.694. The molecule has 0 saturated carbocycles. The Balaban J connectivity index is 3.85. The molecule has 0 aliphatic rings. The summed E-state index contributed by atoms with van der Waals surface area (Å²) in [6.07, 6.45) is 2.11. The van der Waals surface area contributed by atoms with Crippen molar-refractivity contribution in [1.29, 1.82) is 0 Å². The molecule has 12 heavy (non-hydrogen) atoms. The van der Waals surface area contributed by atoms with E-state index in [4.69, 9.17) is 0 Å². The number of nitrogens with one attached hydrogen (secondary N) is 1. The Bertz CT molecular complexity index is 168. The summed E-state index contributed by atoms with van der Waals surface area (Å²) in [5.74, 6) is 0. The highest BCUT2D eigenvalue weighted by molar-refractivity contribution is 5.67. The topological polar surface area (TPSA) is 58.6 Å². The van der Waals surface area contributed by atoms with E-state index < -0.39 is 12.2 Å². The van der Waals surface area contributed by atoms with Gasteiger partial charge in [-0.3, -0.25) is 0 Å². The molecular formula is C8H15NO3. The van der Waals surface area contributed by atoms with Crippen molar-refractivity contribution in [1.82, 2.24) is 5.32 Å². The van der Waals surface area contributed by atoms with Crippen LogP contribution in [-0.2, 0) is 4.74 Å². The van der Waals surface area contributed by atoms with Gasteiger partial charge in [0.1, 0.15) is 0 Å². The van der Waals surface area contributed by atoms with Gasteiger partial charge in [0.25, 0.3) is 0 Å². The van der Waals surface area contributed by atoms with Gasteiger partial charge in [-0.25, -0.2) is 4.79 Å². The number of allylic oxidation sites excluding steroid dienone is 1. The Morgan fingerprint density at radius 3 is 2.67 bits per heavy atom. The van der Waals surface area contributed by atoms with Crippen LogP contribution in [0.25, 0.3) is 0 Å². The van der Waals surface area contributed by atoms with Gasteiger partial charge in [-0.2, -0.15) is 0 Å². The first-order valence-corrected chi connectivity index (χ1v) is 3.77. The van der Waals surface area contributed by atoms with Crippen molar-refractivity contribution in [3.63, 3.8) is 0 Å². The lowest BCUT2D eigenvalue weighted by molar-refractivity contribution is 0.143. The van der Waals surface area contributed by atoms with E-state index >= 15 is 0 Å². The Hall–Kier alpha value is -1.03. The summed E-state index contributed by atoms with van der Waals surface area (Å²) in [6, 6.07) is -0.339. The molecule has 0 saturated heterocycles. The van der Waals surface area contributed by atoms with Crippen molar-refractivity contribution in [3.8, 4) is 0 Å². The second-order valence-electron chi connectivity index (χ2n) is 2.44. The van der Waals surface area contributed by atoms with Gasteiger partial charge in [-0.1, -0.05) is 12.2 Å². The van der Waals surface area contributed by atoms with E-state index in [1.807, 2.05) is 0 Å². The largest absolute Gasteiger partial charge is 0.453 e. The number of hydrogen-bond donors (Lipinski definition) is 2. The predicted molar refractivity (Wildman–Crippen MR) is 45.8 cm³/mol. The fraction of sp³-hybridized carbons (Fsp3) is 0.625. The number of rotatable bonds is 3. The van der Waals surface area contributed by atoms with Gasteiger partial charge >= 0.3 is 6.09 Å². The molecule has 1 amide bonds. The van der Waals surface area contributed by atoms with Gasteiger partial charge in [0.15, 0.2) is 0 Å². The first-order valence-electron chi connectivity index (χ1n) is 3.77. The number of methoxy groups -OCH3 is 1. The lowest BCUT2D eigenvalue weighted by Gasteiger charge is -2.15. The Morgan fingerprint density at radius 2 is 2.25 bits per heavy atom. The molecule has 0 heterocycles. The standard InChI is InChI=1S/C8H15NO3/c1-4-5-7(10)6(2)9-8(11)12-3/h4-7,10H,1-3H3,(H,9,11)/b5-4+. The molecule has 0 aromatic rings. The third-order valence-electron chi connectivity index (χ3n) is 1.43. The molecule has 0 aliphatic carbocycles. The number of aliphatic hydroxyl groups excluding tert-OH is 1. The van der Waals surface area contributed by atoms with E-state index in [-0.39, 0.29) is 6.04 Å². The van der Waals surface area contributed by atoms with Crippen molar-refractivity contribution in [2.45, 2.75) is 26.0 Å². The zero-order valence-corrected chi connectivity index (χ0v) is 7.57. The van der Waals surface area contributed by atoms with Crippen LogP contribution in [0.2, 0.25) is 0 Å². The number of ether oxygens (including phenoxy) is 1. The van der Waals surface area contributed by atoms with E-state index in [1.165, 1.54) is 7.11 Å². The summed E-state index contributed by atoms with van der Waals surface area (Å²) in [7, 11) is 1.28. The van der Waals surface area contributed by atoms with Crippen LogP contribution in [0.3, 0.4) is 0 Å². The Morgan fingerprint density at radius 1 is 1.67 bits per heavy atom. The third-order valence-corrected chi connectivity index (χ3v) is 1.43. The van der Waals surface area contributed by atoms with Crippen molar-refractivity contribution in [2.75, 3.05) is 7.11 Å². The number of carbonyl (C=O) groups excluding carboxylic acids is 1. The lowest BCUT2D eigenvalue weighted by Crippen LogP contribution is -2.40. The molecule has 4 heteroatoms. The molecule has 0 aromatic heterocycles. The van der Waals surface area contributed by atoms with E-state index in [0.29, 0.717) is 0 Å². The summed E-state index contributed by atoms with van der Waals surface area (Å²) in [6.45, 7) is 3.50. The molecule has 0 rings (SSSR count).